The Morgan fingerprint density at radius 1 is 1.38 bits per heavy atom. The predicted molar refractivity (Wildman–Crippen MR) is 72.1 cm³/mol. The number of likely N-dealkylation sites (N-methyl/N-ethyl adjacent to an activating group) is 1. The van der Waals surface area contributed by atoms with Gasteiger partial charge in [-0.05, 0) is 44.0 Å². The minimum atomic E-state index is 0.466. The molecule has 0 amide bonds. The molecule has 0 aliphatic carbocycles. The van der Waals surface area contributed by atoms with Crippen molar-refractivity contribution >= 4 is 11.6 Å². The molecule has 88 valence electrons. The molecule has 0 heterocycles. The zero-order valence-electron chi connectivity index (χ0n) is 10.1. The number of nitrogens with one attached hydrogen (secondary N) is 1. The standard InChI is InChI=1S/C14H20ClN/c1-4-11(2)9-14(16-3)10-12-5-7-13(15)8-6-12/h5-8,14,16H,2,4,9-10H2,1,3H3. The van der Waals surface area contributed by atoms with Crippen LogP contribution in [-0.4, -0.2) is 13.1 Å². The van der Waals surface area contributed by atoms with Crippen molar-refractivity contribution in [1.29, 1.82) is 0 Å². The highest BCUT2D eigenvalue weighted by molar-refractivity contribution is 6.30. The summed E-state index contributed by atoms with van der Waals surface area (Å²) in [5.41, 5.74) is 2.61. The van der Waals surface area contributed by atoms with Gasteiger partial charge in [-0.25, -0.2) is 0 Å². The first kappa shape index (κ1) is 13.3. The molecule has 0 spiro atoms. The molecule has 2 heteroatoms. The van der Waals surface area contributed by atoms with Gasteiger partial charge in [0.05, 0.1) is 0 Å². The molecule has 1 aromatic rings. The molecule has 1 N–H and O–H groups in total. The molecule has 1 nitrogen and oxygen atoms in total. The number of hydrogen-bond acceptors (Lipinski definition) is 1. The van der Waals surface area contributed by atoms with Crippen LogP contribution in [0.25, 0.3) is 0 Å². The summed E-state index contributed by atoms with van der Waals surface area (Å²) in [6.45, 7) is 6.21. The van der Waals surface area contributed by atoms with Crippen LogP contribution in [0.15, 0.2) is 36.4 Å². The Morgan fingerprint density at radius 2 is 2.00 bits per heavy atom. The molecule has 0 fully saturated rings. The van der Waals surface area contributed by atoms with Crippen molar-refractivity contribution in [2.75, 3.05) is 7.05 Å². The van der Waals surface area contributed by atoms with Gasteiger partial charge in [-0.2, -0.15) is 0 Å². The van der Waals surface area contributed by atoms with E-state index in [4.69, 9.17) is 11.6 Å². The van der Waals surface area contributed by atoms with Crippen molar-refractivity contribution in [2.45, 2.75) is 32.2 Å². The zero-order chi connectivity index (χ0) is 12.0. The molecule has 16 heavy (non-hydrogen) atoms. The quantitative estimate of drug-likeness (QED) is 0.742. The summed E-state index contributed by atoms with van der Waals surface area (Å²) in [7, 11) is 2.00. The first-order valence-corrected chi connectivity index (χ1v) is 6.11. The molecule has 1 unspecified atom stereocenters. The lowest BCUT2D eigenvalue weighted by molar-refractivity contribution is 0.549. The largest absolute Gasteiger partial charge is 0.316 e. The highest BCUT2D eigenvalue weighted by atomic mass is 35.5. The summed E-state index contributed by atoms with van der Waals surface area (Å²) < 4.78 is 0. The number of benzene rings is 1. The molecule has 0 radical (unpaired) electrons. The van der Waals surface area contributed by atoms with Gasteiger partial charge in [0.15, 0.2) is 0 Å². The summed E-state index contributed by atoms with van der Waals surface area (Å²) in [4.78, 5) is 0. The van der Waals surface area contributed by atoms with Gasteiger partial charge >= 0.3 is 0 Å². The fourth-order valence-electron chi connectivity index (χ4n) is 1.67. The van der Waals surface area contributed by atoms with Crippen LogP contribution in [0.5, 0.6) is 0 Å². The molecule has 1 rings (SSSR count). The third-order valence-electron chi connectivity index (χ3n) is 2.84. The summed E-state index contributed by atoms with van der Waals surface area (Å²) >= 11 is 5.86. The Morgan fingerprint density at radius 3 is 2.50 bits per heavy atom. The van der Waals surface area contributed by atoms with Crippen molar-refractivity contribution < 1.29 is 0 Å². The van der Waals surface area contributed by atoms with Crippen molar-refractivity contribution in [2.24, 2.45) is 0 Å². The molecular formula is C14H20ClN. The molecule has 0 aromatic heterocycles. The maximum atomic E-state index is 5.86. The summed E-state index contributed by atoms with van der Waals surface area (Å²) in [5, 5.41) is 4.13. The van der Waals surface area contributed by atoms with Crippen LogP contribution in [0, 0.1) is 0 Å². The van der Waals surface area contributed by atoms with Crippen LogP contribution in [-0.2, 0) is 6.42 Å². The van der Waals surface area contributed by atoms with Crippen LogP contribution in [0.4, 0.5) is 0 Å². The third-order valence-corrected chi connectivity index (χ3v) is 3.09. The van der Waals surface area contributed by atoms with Crippen molar-refractivity contribution in [1.82, 2.24) is 5.32 Å². The van der Waals surface area contributed by atoms with E-state index in [-0.39, 0.29) is 0 Å². The van der Waals surface area contributed by atoms with Crippen LogP contribution < -0.4 is 5.32 Å². The maximum absolute atomic E-state index is 5.86. The SMILES string of the molecule is C=C(CC)CC(Cc1ccc(Cl)cc1)NC. The highest BCUT2D eigenvalue weighted by Gasteiger charge is 2.08. The zero-order valence-corrected chi connectivity index (χ0v) is 10.8. The minimum Gasteiger partial charge on any atom is -0.316 e. The van der Waals surface area contributed by atoms with Gasteiger partial charge in [-0.1, -0.05) is 42.8 Å². The molecule has 1 atom stereocenters. The monoisotopic (exact) mass is 237 g/mol. The van der Waals surface area contributed by atoms with E-state index < -0.39 is 0 Å². The lowest BCUT2D eigenvalue weighted by Gasteiger charge is -2.17. The van der Waals surface area contributed by atoms with Gasteiger partial charge in [0.25, 0.3) is 0 Å². The summed E-state index contributed by atoms with van der Waals surface area (Å²) in [6.07, 6.45) is 3.11. The Hall–Kier alpha value is -0.790. The van der Waals surface area contributed by atoms with E-state index in [0.29, 0.717) is 6.04 Å². The van der Waals surface area contributed by atoms with E-state index in [1.54, 1.807) is 0 Å². The molecule has 1 aromatic carbocycles. The molecule has 0 aliphatic heterocycles. The normalized spacial score (nSPS) is 12.4. The average Bonchev–Trinajstić information content (AvgIpc) is 2.30. The van der Waals surface area contributed by atoms with E-state index in [9.17, 15) is 0 Å². The maximum Gasteiger partial charge on any atom is 0.0406 e. The van der Waals surface area contributed by atoms with E-state index in [1.807, 2.05) is 19.2 Å². The van der Waals surface area contributed by atoms with Crippen LogP contribution in [0.2, 0.25) is 5.02 Å². The Kier molecular flexibility index (Phi) is 5.58. The second kappa shape index (κ2) is 6.72. The van der Waals surface area contributed by atoms with Crippen LogP contribution in [0.1, 0.15) is 25.3 Å². The number of rotatable bonds is 6. The summed E-state index contributed by atoms with van der Waals surface area (Å²) in [6, 6.07) is 8.52. The number of halogens is 1. The van der Waals surface area contributed by atoms with E-state index in [2.05, 4.69) is 31.0 Å². The van der Waals surface area contributed by atoms with Crippen molar-refractivity contribution in [3.8, 4) is 0 Å². The number of hydrogen-bond donors (Lipinski definition) is 1. The van der Waals surface area contributed by atoms with Crippen molar-refractivity contribution in [3.63, 3.8) is 0 Å². The summed E-state index contributed by atoms with van der Waals surface area (Å²) in [5.74, 6) is 0. The Bertz CT molecular complexity index is 329. The first-order chi connectivity index (χ1) is 7.65. The van der Waals surface area contributed by atoms with Crippen LogP contribution in [0.3, 0.4) is 0 Å². The average molecular weight is 238 g/mol. The molecule has 0 saturated carbocycles. The lowest BCUT2D eigenvalue weighted by Crippen LogP contribution is -2.27. The third kappa shape index (κ3) is 4.38. The van der Waals surface area contributed by atoms with Gasteiger partial charge in [0.2, 0.25) is 0 Å². The fraction of sp³-hybridized carbons (Fsp3) is 0.429. The minimum absolute atomic E-state index is 0.466. The predicted octanol–water partition coefficient (Wildman–Crippen LogP) is 3.83. The van der Waals surface area contributed by atoms with Gasteiger partial charge in [-0.15, -0.1) is 0 Å². The van der Waals surface area contributed by atoms with E-state index in [1.165, 1.54) is 11.1 Å². The van der Waals surface area contributed by atoms with Crippen LogP contribution >= 0.6 is 11.6 Å². The van der Waals surface area contributed by atoms with E-state index in [0.717, 1.165) is 24.3 Å². The smallest absolute Gasteiger partial charge is 0.0406 e. The fourth-order valence-corrected chi connectivity index (χ4v) is 1.80. The highest BCUT2D eigenvalue weighted by Crippen LogP contribution is 2.14. The second-order valence-electron chi connectivity index (χ2n) is 4.12. The topological polar surface area (TPSA) is 12.0 Å². The van der Waals surface area contributed by atoms with Gasteiger partial charge in [0.1, 0.15) is 0 Å². The van der Waals surface area contributed by atoms with Gasteiger partial charge < -0.3 is 5.32 Å². The Balaban J connectivity index is 2.56. The molecule has 0 bridgehead atoms. The van der Waals surface area contributed by atoms with E-state index >= 15 is 0 Å². The lowest BCUT2D eigenvalue weighted by atomic mass is 9.99. The Labute approximate surface area is 104 Å². The van der Waals surface area contributed by atoms with Gasteiger partial charge in [-0.3, -0.25) is 0 Å². The van der Waals surface area contributed by atoms with Crippen molar-refractivity contribution in [3.05, 3.63) is 47.0 Å². The molecule has 0 aliphatic rings. The van der Waals surface area contributed by atoms with Gasteiger partial charge in [0, 0.05) is 11.1 Å². The molecular weight excluding hydrogens is 218 g/mol. The first-order valence-electron chi connectivity index (χ1n) is 5.74. The second-order valence-corrected chi connectivity index (χ2v) is 4.56. The molecule has 0 saturated heterocycles.